The number of carbonyl (C=O) groups is 1. The van der Waals surface area contributed by atoms with Gasteiger partial charge in [0.05, 0.1) is 4.88 Å². The minimum Gasteiger partial charge on any atom is -0.506 e. The smallest absolute Gasteiger partial charge is 0.184 e. The van der Waals surface area contributed by atoms with Crippen molar-refractivity contribution in [1.82, 2.24) is 0 Å². The molecule has 1 N–H and O–H groups in total. The van der Waals surface area contributed by atoms with Crippen molar-refractivity contribution in [3.63, 3.8) is 0 Å². The van der Waals surface area contributed by atoms with Gasteiger partial charge in [0.2, 0.25) is 0 Å². The van der Waals surface area contributed by atoms with E-state index in [0.29, 0.717) is 21.9 Å². The molecule has 0 aliphatic carbocycles. The summed E-state index contributed by atoms with van der Waals surface area (Å²) in [7, 11) is 0. The summed E-state index contributed by atoms with van der Waals surface area (Å²) in [6, 6.07) is 13.5. The second kappa shape index (κ2) is 8.75. The third-order valence-electron chi connectivity index (χ3n) is 5.12. The first kappa shape index (κ1) is 22.3. The quantitative estimate of drug-likeness (QED) is 0.341. The van der Waals surface area contributed by atoms with Crippen LogP contribution in [0.4, 0.5) is 0 Å². The summed E-state index contributed by atoms with van der Waals surface area (Å²) in [5, 5.41) is 13.2. The maximum atomic E-state index is 12.4. The van der Waals surface area contributed by atoms with E-state index in [0.717, 1.165) is 16.0 Å². The average Bonchev–Trinajstić information content (AvgIpc) is 3.08. The molecule has 0 atom stereocenters. The Hall–Kier alpha value is -2.43. The average molecular weight is 440 g/mol. The number of hydrogen-bond donors (Lipinski definition) is 1. The maximum Gasteiger partial charge on any atom is 0.184 e. The number of carbonyl (C=O) groups excluding carboxylic acids is 1. The SMILES string of the molecule is CC(=NCC(=O)c1ccc(C)c(Cl)c1)c1csc(-c2ccc(C(C)(C)C)cc2)c1O. The van der Waals surface area contributed by atoms with Crippen LogP contribution < -0.4 is 0 Å². The molecule has 0 spiro atoms. The molecule has 0 fully saturated rings. The van der Waals surface area contributed by atoms with Gasteiger partial charge < -0.3 is 5.11 Å². The van der Waals surface area contributed by atoms with Gasteiger partial charge in [-0.2, -0.15) is 0 Å². The number of halogens is 1. The van der Waals surface area contributed by atoms with E-state index in [-0.39, 0.29) is 23.5 Å². The maximum absolute atomic E-state index is 12.4. The summed E-state index contributed by atoms with van der Waals surface area (Å²) in [6.45, 7) is 10.2. The van der Waals surface area contributed by atoms with Gasteiger partial charge in [-0.1, -0.05) is 68.8 Å². The predicted molar refractivity (Wildman–Crippen MR) is 128 cm³/mol. The summed E-state index contributed by atoms with van der Waals surface area (Å²) >= 11 is 7.59. The molecule has 0 aliphatic heterocycles. The number of rotatable bonds is 5. The molecule has 3 rings (SSSR count). The summed E-state index contributed by atoms with van der Waals surface area (Å²) < 4.78 is 0. The summed E-state index contributed by atoms with van der Waals surface area (Å²) in [6.07, 6.45) is 0. The van der Waals surface area contributed by atoms with Crippen molar-refractivity contribution in [2.75, 3.05) is 6.54 Å². The van der Waals surface area contributed by atoms with Crippen molar-refractivity contribution in [3.8, 4) is 16.2 Å². The third kappa shape index (κ3) is 4.82. The van der Waals surface area contributed by atoms with E-state index in [2.05, 4.69) is 37.9 Å². The van der Waals surface area contributed by atoms with Gasteiger partial charge in [-0.15, -0.1) is 11.3 Å². The van der Waals surface area contributed by atoms with Crippen molar-refractivity contribution in [2.45, 2.75) is 40.0 Å². The first-order valence-corrected chi connectivity index (χ1v) is 11.1. The molecule has 3 nitrogen and oxygen atoms in total. The van der Waals surface area contributed by atoms with Crippen molar-refractivity contribution >= 4 is 34.4 Å². The van der Waals surface area contributed by atoms with Gasteiger partial charge in [0.1, 0.15) is 12.3 Å². The van der Waals surface area contributed by atoms with E-state index in [9.17, 15) is 9.90 Å². The van der Waals surface area contributed by atoms with Gasteiger partial charge in [0.15, 0.2) is 5.78 Å². The number of Topliss-reactive ketones (excluding diaryl/α,β-unsaturated/α-hetero) is 1. The number of ketones is 1. The fraction of sp³-hybridized carbons (Fsp3) is 0.280. The van der Waals surface area contributed by atoms with Crippen molar-refractivity contribution in [3.05, 3.63) is 75.1 Å². The molecule has 30 heavy (non-hydrogen) atoms. The van der Waals surface area contributed by atoms with E-state index in [4.69, 9.17) is 11.6 Å². The molecular weight excluding hydrogens is 414 g/mol. The van der Waals surface area contributed by atoms with Crippen LogP contribution in [-0.2, 0) is 5.41 Å². The van der Waals surface area contributed by atoms with Gasteiger partial charge in [-0.25, -0.2) is 0 Å². The molecule has 2 aromatic carbocycles. The van der Waals surface area contributed by atoms with E-state index in [1.54, 1.807) is 12.1 Å². The monoisotopic (exact) mass is 439 g/mol. The van der Waals surface area contributed by atoms with Crippen LogP contribution in [0.5, 0.6) is 5.75 Å². The lowest BCUT2D eigenvalue weighted by Gasteiger charge is -2.19. The third-order valence-corrected chi connectivity index (χ3v) is 6.55. The zero-order chi connectivity index (χ0) is 22.1. The number of aryl methyl sites for hydroxylation is 1. The minimum absolute atomic E-state index is 0.0100. The first-order valence-electron chi connectivity index (χ1n) is 9.80. The van der Waals surface area contributed by atoms with Gasteiger partial charge in [-0.05, 0) is 42.0 Å². The number of thiophene rings is 1. The lowest BCUT2D eigenvalue weighted by Crippen LogP contribution is -2.10. The van der Waals surface area contributed by atoms with E-state index in [1.165, 1.54) is 16.9 Å². The summed E-state index contributed by atoms with van der Waals surface area (Å²) in [4.78, 5) is 17.7. The van der Waals surface area contributed by atoms with E-state index < -0.39 is 0 Å². The van der Waals surface area contributed by atoms with Crippen LogP contribution in [0.15, 0.2) is 52.8 Å². The van der Waals surface area contributed by atoms with E-state index >= 15 is 0 Å². The largest absolute Gasteiger partial charge is 0.506 e. The van der Waals surface area contributed by atoms with Crippen molar-refractivity contribution in [2.24, 2.45) is 4.99 Å². The fourth-order valence-corrected chi connectivity index (χ4v) is 4.26. The number of aliphatic imine (C=N–C) groups is 1. The van der Waals surface area contributed by atoms with Crippen LogP contribution in [0, 0.1) is 6.92 Å². The molecule has 0 bridgehead atoms. The number of hydrogen-bond acceptors (Lipinski definition) is 4. The highest BCUT2D eigenvalue weighted by molar-refractivity contribution is 7.14. The minimum atomic E-state index is -0.107. The molecule has 3 aromatic rings. The fourth-order valence-electron chi connectivity index (χ4n) is 3.07. The Morgan fingerprint density at radius 3 is 2.40 bits per heavy atom. The molecule has 156 valence electrons. The molecule has 0 radical (unpaired) electrons. The Labute approximate surface area is 187 Å². The second-order valence-electron chi connectivity index (χ2n) is 8.44. The molecule has 0 unspecified atom stereocenters. The summed E-state index contributed by atoms with van der Waals surface area (Å²) in [5.74, 6) is 0.0968. The van der Waals surface area contributed by atoms with E-state index in [1.807, 2.05) is 37.4 Å². The van der Waals surface area contributed by atoms with Crippen LogP contribution in [0.3, 0.4) is 0 Å². The van der Waals surface area contributed by atoms with Gasteiger partial charge in [-0.3, -0.25) is 9.79 Å². The van der Waals surface area contributed by atoms with Crippen LogP contribution in [-0.4, -0.2) is 23.1 Å². The Bertz CT molecular complexity index is 1110. The highest BCUT2D eigenvalue weighted by Gasteiger charge is 2.17. The highest BCUT2D eigenvalue weighted by atomic mass is 35.5. The van der Waals surface area contributed by atoms with Crippen molar-refractivity contribution < 1.29 is 9.90 Å². The van der Waals surface area contributed by atoms with Crippen molar-refractivity contribution in [1.29, 1.82) is 0 Å². The van der Waals surface area contributed by atoms with Gasteiger partial charge >= 0.3 is 0 Å². The number of benzene rings is 2. The molecule has 0 amide bonds. The first-order chi connectivity index (χ1) is 14.1. The molecule has 0 aliphatic rings. The zero-order valence-corrected chi connectivity index (χ0v) is 19.5. The zero-order valence-electron chi connectivity index (χ0n) is 17.9. The molecule has 5 heteroatoms. The van der Waals surface area contributed by atoms with Crippen LogP contribution >= 0.6 is 22.9 Å². The lowest BCUT2D eigenvalue weighted by molar-refractivity contribution is 0.100. The summed E-state index contributed by atoms with van der Waals surface area (Å²) in [5.41, 5.74) is 5.05. The topological polar surface area (TPSA) is 49.7 Å². The molecular formula is C25H26ClNO2S. The number of aromatic hydroxyl groups is 1. The lowest BCUT2D eigenvalue weighted by atomic mass is 9.86. The Morgan fingerprint density at radius 2 is 1.80 bits per heavy atom. The Kier molecular flexibility index (Phi) is 6.49. The standard InChI is InChI=1S/C25H26ClNO2S/c1-15-6-7-18(12-21(15)26)22(28)13-27-16(2)20-14-30-24(23(20)29)17-8-10-19(11-9-17)25(3,4)5/h6-12,14,29H,13H2,1-5H3. The van der Waals surface area contributed by atoms with Gasteiger partial charge in [0.25, 0.3) is 0 Å². The van der Waals surface area contributed by atoms with Crippen LogP contribution in [0.2, 0.25) is 5.02 Å². The highest BCUT2D eigenvalue weighted by Crippen LogP contribution is 2.39. The second-order valence-corrected chi connectivity index (χ2v) is 9.73. The molecule has 0 saturated heterocycles. The van der Waals surface area contributed by atoms with Crippen LogP contribution in [0.25, 0.3) is 10.4 Å². The normalized spacial score (nSPS) is 12.3. The van der Waals surface area contributed by atoms with Crippen LogP contribution in [0.1, 0.15) is 54.7 Å². The Balaban J connectivity index is 1.79. The van der Waals surface area contributed by atoms with Gasteiger partial charge in [0, 0.05) is 27.2 Å². The Morgan fingerprint density at radius 1 is 1.13 bits per heavy atom. The molecule has 1 heterocycles. The number of nitrogens with zero attached hydrogens (tertiary/aromatic N) is 1. The molecule has 0 saturated carbocycles. The predicted octanol–water partition coefficient (Wildman–Crippen LogP) is 7.07. The molecule has 1 aromatic heterocycles.